The molecule has 0 fully saturated rings. The average Bonchev–Trinajstić information content (AvgIpc) is 2.92. The van der Waals surface area contributed by atoms with Crippen LogP contribution < -0.4 is 10.6 Å². The Morgan fingerprint density at radius 1 is 1.08 bits per heavy atom. The number of aliphatic hydroxyl groups is 5. The van der Waals surface area contributed by atoms with Crippen LogP contribution in [0.25, 0.3) is 0 Å². The fourth-order valence-corrected chi connectivity index (χ4v) is 4.36. The van der Waals surface area contributed by atoms with Gasteiger partial charge in [-0.2, -0.15) is 0 Å². The van der Waals surface area contributed by atoms with Gasteiger partial charge in [-0.05, 0) is 25.5 Å². The van der Waals surface area contributed by atoms with E-state index in [9.17, 15) is 30.0 Å². The second kappa shape index (κ2) is 15.9. The van der Waals surface area contributed by atoms with E-state index >= 15 is 0 Å². The summed E-state index contributed by atoms with van der Waals surface area (Å²) in [6, 6.07) is 6.85. The van der Waals surface area contributed by atoms with E-state index in [0.717, 1.165) is 0 Å². The lowest BCUT2D eigenvalue weighted by Crippen LogP contribution is -2.49. The van der Waals surface area contributed by atoms with Crippen LogP contribution in [0.3, 0.4) is 0 Å². The van der Waals surface area contributed by atoms with Gasteiger partial charge in [0.25, 0.3) is 0 Å². The Morgan fingerprint density at radius 3 is 2.36 bits per heavy atom. The number of methoxy groups -OCH3 is 1. The first-order valence-corrected chi connectivity index (χ1v) is 12.8. The van der Waals surface area contributed by atoms with Crippen LogP contribution in [-0.4, -0.2) is 109 Å². The number of hydrogen-bond acceptors (Lipinski definition) is 12. The van der Waals surface area contributed by atoms with Crippen LogP contribution in [0.2, 0.25) is 5.02 Å². The van der Waals surface area contributed by atoms with Gasteiger partial charge in [0.05, 0.1) is 62.4 Å². The molecule has 1 heterocycles. The summed E-state index contributed by atoms with van der Waals surface area (Å²) >= 11 is 6.48. The first-order valence-electron chi connectivity index (χ1n) is 12.4. The van der Waals surface area contributed by atoms with E-state index in [1.165, 1.54) is 7.11 Å². The van der Waals surface area contributed by atoms with Gasteiger partial charge in [0, 0.05) is 23.8 Å². The largest absolute Gasteiger partial charge is 0.466 e. The number of aliphatic hydroxyl groups excluding tert-OH is 5. The third-order valence-corrected chi connectivity index (χ3v) is 6.45. The summed E-state index contributed by atoms with van der Waals surface area (Å²) in [5.74, 6) is -2.16. The Hall–Kier alpha value is -2.55. The van der Waals surface area contributed by atoms with Crippen molar-refractivity contribution in [1.29, 1.82) is 0 Å². The van der Waals surface area contributed by atoms with E-state index < -0.39 is 48.9 Å². The van der Waals surface area contributed by atoms with Crippen molar-refractivity contribution in [3.63, 3.8) is 0 Å². The third kappa shape index (κ3) is 8.47. The molecule has 1 unspecified atom stereocenters. The predicted molar refractivity (Wildman–Crippen MR) is 141 cm³/mol. The molecule has 7 N–H and O–H groups in total. The number of hydrogen-bond donors (Lipinski definition) is 7. The first-order chi connectivity index (χ1) is 18.6. The molecule has 0 saturated heterocycles. The Balaban J connectivity index is 2.17. The summed E-state index contributed by atoms with van der Waals surface area (Å²) in [4.78, 5) is 25.9. The number of rotatable bonds is 15. The highest BCUT2D eigenvalue weighted by Gasteiger charge is 2.39. The maximum atomic E-state index is 13.2. The highest BCUT2D eigenvalue weighted by molar-refractivity contribution is 6.31. The smallest absolute Gasteiger partial charge is 0.336 e. The molecule has 5 atom stereocenters. The van der Waals surface area contributed by atoms with Crippen molar-refractivity contribution >= 4 is 23.5 Å². The van der Waals surface area contributed by atoms with Gasteiger partial charge in [-0.1, -0.05) is 29.8 Å². The molecule has 218 valence electrons. The number of nitrogens with one attached hydrogen (secondary N) is 2. The van der Waals surface area contributed by atoms with E-state index in [1.54, 1.807) is 38.1 Å². The van der Waals surface area contributed by atoms with E-state index in [2.05, 4.69) is 10.6 Å². The number of carbonyl (C=O) groups excluding carboxylic acids is 2. The molecule has 0 aliphatic carbocycles. The molecule has 2 rings (SSSR count). The standard InChI is InChI=1S/C26H37ClN2O10/c1-4-39-26(36)22-17(13-38-10-9-28-11-18(31)23(33)24(34)19(32)12-30)29-14(2)20(25(35)37-3)21(22)15-7-5-6-8-16(15)27/h5-8,18-19,21,23-24,28-34H,4,9-13H2,1-3H3/t18-,19+,21?,23-,24-/m1/s1. The Labute approximate surface area is 231 Å². The Morgan fingerprint density at radius 2 is 1.74 bits per heavy atom. The van der Waals surface area contributed by atoms with Crippen molar-refractivity contribution in [3.05, 3.63) is 57.4 Å². The first kappa shape index (κ1) is 32.7. The highest BCUT2D eigenvalue weighted by Crippen LogP contribution is 2.41. The van der Waals surface area contributed by atoms with Crippen LogP contribution in [0.5, 0.6) is 0 Å². The maximum Gasteiger partial charge on any atom is 0.336 e. The number of ether oxygens (including phenoxy) is 3. The summed E-state index contributed by atoms with van der Waals surface area (Å²) < 4.78 is 16.0. The predicted octanol–water partition coefficient (Wildman–Crippen LogP) is -0.667. The number of benzene rings is 1. The molecule has 12 nitrogen and oxygen atoms in total. The normalized spacial score (nSPS) is 18.7. The fourth-order valence-electron chi connectivity index (χ4n) is 4.11. The van der Waals surface area contributed by atoms with Crippen LogP contribution in [0.15, 0.2) is 46.8 Å². The Bertz CT molecular complexity index is 1050. The molecule has 1 aromatic rings. The van der Waals surface area contributed by atoms with Gasteiger partial charge in [0.15, 0.2) is 0 Å². The van der Waals surface area contributed by atoms with E-state index in [1.807, 2.05) is 0 Å². The minimum absolute atomic E-state index is 0.0604. The lowest BCUT2D eigenvalue weighted by Gasteiger charge is -2.31. The quantitative estimate of drug-likeness (QED) is 0.104. The van der Waals surface area contributed by atoms with E-state index in [0.29, 0.717) is 22.0 Å². The summed E-state index contributed by atoms with van der Waals surface area (Å²) in [5, 5.41) is 54.1. The van der Waals surface area contributed by atoms with Crippen molar-refractivity contribution in [2.45, 2.75) is 44.2 Å². The van der Waals surface area contributed by atoms with Crippen molar-refractivity contribution in [1.82, 2.24) is 10.6 Å². The number of dihydropyridines is 1. The van der Waals surface area contributed by atoms with Crippen LogP contribution >= 0.6 is 11.6 Å². The van der Waals surface area contributed by atoms with Crippen molar-refractivity contribution < 1.29 is 49.3 Å². The molecule has 0 spiro atoms. The van der Waals surface area contributed by atoms with Crippen LogP contribution in [0.1, 0.15) is 25.3 Å². The zero-order chi connectivity index (χ0) is 29.1. The number of carbonyl (C=O) groups is 2. The molecule has 13 heteroatoms. The lowest BCUT2D eigenvalue weighted by molar-refractivity contribution is -0.139. The van der Waals surface area contributed by atoms with Gasteiger partial charge >= 0.3 is 11.9 Å². The number of esters is 2. The van der Waals surface area contributed by atoms with Gasteiger partial charge < -0.3 is 50.4 Å². The lowest BCUT2D eigenvalue weighted by atomic mass is 9.80. The number of allylic oxidation sites excluding steroid dienone is 1. The van der Waals surface area contributed by atoms with Crippen molar-refractivity contribution in [2.24, 2.45) is 0 Å². The third-order valence-electron chi connectivity index (χ3n) is 6.11. The minimum atomic E-state index is -1.72. The maximum absolute atomic E-state index is 13.2. The Kier molecular flexibility index (Phi) is 13.3. The molecule has 1 aliphatic rings. The van der Waals surface area contributed by atoms with Gasteiger partial charge in [-0.15, -0.1) is 0 Å². The molecular weight excluding hydrogens is 536 g/mol. The van der Waals surface area contributed by atoms with E-state index in [4.69, 9.17) is 30.9 Å². The van der Waals surface area contributed by atoms with E-state index in [-0.39, 0.29) is 44.1 Å². The topological polar surface area (TPSA) is 187 Å². The SMILES string of the molecule is CCOC(=O)C1=C(COCCNC[C@@H](O)[C@@H](O)[C@H](O)[C@@H](O)CO)NC(C)=C(C(=O)OC)C1c1ccccc1Cl. The highest BCUT2D eigenvalue weighted by atomic mass is 35.5. The molecule has 1 aliphatic heterocycles. The monoisotopic (exact) mass is 572 g/mol. The van der Waals surface area contributed by atoms with Crippen molar-refractivity contribution in [2.75, 3.05) is 46.6 Å². The summed E-state index contributed by atoms with van der Waals surface area (Å²) in [6.45, 7) is 2.83. The van der Waals surface area contributed by atoms with Gasteiger partial charge in [0.2, 0.25) is 0 Å². The van der Waals surface area contributed by atoms with Gasteiger partial charge in [-0.25, -0.2) is 9.59 Å². The minimum Gasteiger partial charge on any atom is -0.466 e. The zero-order valence-corrected chi connectivity index (χ0v) is 22.8. The molecule has 0 bridgehead atoms. The van der Waals surface area contributed by atoms with Gasteiger partial charge in [0.1, 0.15) is 18.3 Å². The molecule has 0 saturated carbocycles. The summed E-state index contributed by atoms with van der Waals surface area (Å²) in [6.07, 6.45) is -6.40. The molecular formula is C26H37ClN2O10. The molecule has 1 aromatic carbocycles. The second-order valence-electron chi connectivity index (χ2n) is 8.78. The van der Waals surface area contributed by atoms with Crippen LogP contribution in [0.4, 0.5) is 0 Å². The molecule has 39 heavy (non-hydrogen) atoms. The summed E-state index contributed by atoms with van der Waals surface area (Å²) in [5.41, 5.74) is 1.71. The number of halogens is 1. The second-order valence-corrected chi connectivity index (χ2v) is 9.18. The van der Waals surface area contributed by atoms with Gasteiger partial charge in [-0.3, -0.25) is 0 Å². The molecule has 0 amide bonds. The molecule has 0 radical (unpaired) electrons. The molecule has 0 aromatic heterocycles. The zero-order valence-electron chi connectivity index (χ0n) is 22.1. The average molecular weight is 573 g/mol. The fraction of sp³-hybridized carbons (Fsp3) is 0.538. The van der Waals surface area contributed by atoms with Crippen molar-refractivity contribution in [3.8, 4) is 0 Å². The van der Waals surface area contributed by atoms with Crippen LogP contribution in [-0.2, 0) is 23.8 Å². The van der Waals surface area contributed by atoms with Crippen LogP contribution in [0, 0.1) is 0 Å². The summed E-state index contributed by atoms with van der Waals surface area (Å²) in [7, 11) is 1.25.